The number of hydrogen-bond donors (Lipinski definition) is 1. The molecular weight excluding hydrogens is 384 g/mol. The van der Waals surface area contributed by atoms with Crippen LogP contribution in [0.1, 0.15) is 25.0 Å². The molecule has 0 atom stereocenters. The molecule has 0 unspecified atom stereocenters. The van der Waals surface area contributed by atoms with Crippen molar-refractivity contribution in [3.8, 4) is 0 Å². The summed E-state index contributed by atoms with van der Waals surface area (Å²) >= 11 is 3.52. The maximum Gasteiger partial charge on any atom is 0.193 e. The molecule has 1 saturated heterocycles. The Kier molecular flexibility index (Phi) is 8.78. The van der Waals surface area contributed by atoms with E-state index < -0.39 is 0 Å². The molecule has 1 fully saturated rings. The third kappa shape index (κ3) is 6.99. The number of halogens is 1. The van der Waals surface area contributed by atoms with Crippen molar-refractivity contribution in [2.24, 2.45) is 18.0 Å². The van der Waals surface area contributed by atoms with Crippen LogP contribution in [0, 0.1) is 5.92 Å². The lowest BCUT2D eigenvalue weighted by Crippen LogP contribution is -2.39. The van der Waals surface area contributed by atoms with Gasteiger partial charge in [0.15, 0.2) is 5.96 Å². The Hall–Kier alpha value is -1.05. The minimum Gasteiger partial charge on any atom is -0.381 e. The summed E-state index contributed by atoms with van der Waals surface area (Å²) in [6.45, 7) is 5.09. The van der Waals surface area contributed by atoms with Crippen LogP contribution in [-0.4, -0.2) is 62.5 Å². The van der Waals surface area contributed by atoms with Crippen LogP contribution >= 0.6 is 15.9 Å². The Bertz CT molecular complexity index is 541. The largest absolute Gasteiger partial charge is 0.381 e. The van der Waals surface area contributed by atoms with Gasteiger partial charge in [-0.2, -0.15) is 0 Å². The summed E-state index contributed by atoms with van der Waals surface area (Å²) in [5.74, 6) is 1.58. The Morgan fingerprint density at radius 1 is 1.48 bits per heavy atom. The second kappa shape index (κ2) is 10.8. The molecule has 0 saturated carbocycles. The van der Waals surface area contributed by atoms with Gasteiger partial charge in [-0.25, -0.2) is 0 Å². The highest BCUT2D eigenvalue weighted by Crippen LogP contribution is 2.15. The van der Waals surface area contributed by atoms with Crippen LogP contribution < -0.4 is 5.32 Å². The third-order valence-corrected chi connectivity index (χ3v) is 4.92. The summed E-state index contributed by atoms with van der Waals surface area (Å²) in [5.41, 5.74) is 1.23. The van der Waals surface area contributed by atoms with E-state index in [1.807, 2.05) is 7.05 Å². The quantitative estimate of drug-likeness (QED) is 0.403. The number of nitrogens with zero attached hydrogens (tertiary/aromatic N) is 3. The Morgan fingerprint density at radius 2 is 2.24 bits per heavy atom. The molecule has 1 aliphatic heterocycles. The lowest BCUT2D eigenvalue weighted by molar-refractivity contribution is 0.0203. The van der Waals surface area contributed by atoms with Crippen molar-refractivity contribution in [3.63, 3.8) is 0 Å². The number of nitrogens with one attached hydrogen (secondary N) is 1. The predicted octanol–water partition coefficient (Wildman–Crippen LogP) is 2.63. The highest BCUT2D eigenvalue weighted by molar-refractivity contribution is 9.10. The van der Waals surface area contributed by atoms with E-state index in [1.54, 1.807) is 0 Å². The van der Waals surface area contributed by atoms with E-state index in [2.05, 4.69) is 62.1 Å². The number of aromatic nitrogens is 1. The van der Waals surface area contributed by atoms with Crippen molar-refractivity contribution in [3.05, 3.63) is 22.4 Å². The zero-order chi connectivity index (χ0) is 18.1. The molecule has 0 amide bonds. The monoisotopic (exact) mass is 414 g/mol. The van der Waals surface area contributed by atoms with Gasteiger partial charge in [-0.05, 0) is 47.2 Å². The smallest absolute Gasteiger partial charge is 0.193 e. The van der Waals surface area contributed by atoms with Crippen LogP contribution in [0.3, 0.4) is 0 Å². The third-order valence-electron chi connectivity index (χ3n) is 4.49. The Morgan fingerprint density at radius 3 is 2.88 bits per heavy atom. The van der Waals surface area contributed by atoms with Crippen molar-refractivity contribution >= 4 is 21.9 Å². The standard InChI is InChI=1S/C18H31BrN4O2/c1-20-18(23(3)13-17-11-16(19)12-22(17)2)21-7-4-8-25-14-15-5-9-24-10-6-15/h11-12,15H,4-10,13-14H2,1-3H3,(H,20,21). The van der Waals surface area contributed by atoms with Crippen LogP contribution in [0.15, 0.2) is 21.7 Å². The van der Waals surface area contributed by atoms with Crippen molar-refractivity contribution in [2.45, 2.75) is 25.8 Å². The normalized spacial score (nSPS) is 16.2. The van der Waals surface area contributed by atoms with Gasteiger partial charge in [-0.1, -0.05) is 0 Å². The van der Waals surface area contributed by atoms with Crippen molar-refractivity contribution in [1.82, 2.24) is 14.8 Å². The Labute approximate surface area is 159 Å². The van der Waals surface area contributed by atoms with Gasteiger partial charge < -0.3 is 24.3 Å². The summed E-state index contributed by atoms with van der Waals surface area (Å²) < 4.78 is 14.4. The van der Waals surface area contributed by atoms with Crippen LogP contribution in [0.5, 0.6) is 0 Å². The molecule has 142 valence electrons. The molecule has 0 bridgehead atoms. The van der Waals surface area contributed by atoms with E-state index in [0.717, 1.165) is 69.2 Å². The zero-order valence-corrected chi connectivity index (χ0v) is 17.2. The van der Waals surface area contributed by atoms with Crippen LogP contribution in [0.4, 0.5) is 0 Å². The molecule has 2 rings (SSSR count). The minimum absolute atomic E-state index is 0.671. The molecule has 1 aromatic heterocycles. The average Bonchev–Trinajstić information content (AvgIpc) is 2.92. The lowest BCUT2D eigenvalue weighted by Gasteiger charge is -2.23. The fourth-order valence-electron chi connectivity index (χ4n) is 2.96. The first kappa shape index (κ1) is 20.3. The fraction of sp³-hybridized carbons (Fsp3) is 0.722. The minimum atomic E-state index is 0.671. The van der Waals surface area contributed by atoms with E-state index in [4.69, 9.17) is 9.47 Å². The van der Waals surface area contributed by atoms with Crippen LogP contribution in [-0.2, 0) is 23.1 Å². The summed E-state index contributed by atoms with van der Waals surface area (Å²) in [7, 11) is 5.93. The van der Waals surface area contributed by atoms with Crippen LogP contribution in [0.25, 0.3) is 0 Å². The molecule has 6 nitrogen and oxygen atoms in total. The summed E-state index contributed by atoms with van der Waals surface area (Å²) in [6, 6.07) is 2.13. The molecule has 0 aromatic carbocycles. The van der Waals surface area contributed by atoms with Gasteiger partial charge in [0, 0.05) is 70.5 Å². The van der Waals surface area contributed by atoms with Gasteiger partial charge in [0.05, 0.1) is 6.54 Å². The van der Waals surface area contributed by atoms with Crippen molar-refractivity contribution < 1.29 is 9.47 Å². The zero-order valence-electron chi connectivity index (χ0n) is 15.6. The fourth-order valence-corrected chi connectivity index (χ4v) is 3.53. The molecular formula is C18H31BrN4O2. The van der Waals surface area contributed by atoms with Crippen molar-refractivity contribution in [1.29, 1.82) is 0 Å². The topological polar surface area (TPSA) is 51.0 Å². The number of hydrogen-bond acceptors (Lipinski definition) is 3. The van der Waals surface area contributed by atoms with Gasteiger partial charge in [0.2, 0.25) is 0 Å². The number of rotatable bonds is 8. The number of guanidine groups is 1. The molecule has 0 aliphatic carbocycles. The van der Waals surface area contributed by atoms with Gasteiger partial charge in [0.25, 0.3) is 0 Å². The van der Waals surface area contributed by atoms with Gasteiger partial charge in [-0.3, -0.25) is 4.99 Å². The molecule has 0 radical (unpaired) electrons. The first-order valence-corrected chi connectivity index (χ1v) is 9.77. The van der Waals surface area contributed by atoms with E-state index in [1.165, 1.54) is 5.69 Å². The van der Waals surface area contributed by atoms with E-state index in [9.17, 15) is 0 Å². The Balaban J connectivity index is 1.61. The summed E-state index contributed by atoms with van der Waals surface area (Å²) in [5, 5.41) is 3.41. The predicted molar refractivity (Wildman–Crippen MR) is 105 cm³/mol. The van der Waals surface area contributed by atoms with E-state index >= 15 is 0 Å². The second-order valence-corrected chi connectivity index (χ2v) is 7.49. The number of aryl methyl sites for hydroxylation is 1. The first-order chi connectivity index (χ1) is 12.1. The van der Waals surface area contributed by atoms with E-state index in [0.29, 0.717) is 5.92 Å². The number of ether oxygens (including phenoxy) is 2. The highest BCUT2D eigenvalue weighted by Gasteiger charge is 2.13. The molecule has 2 heterocycles. The summed E-state index contributed by atoms with van der Waals surface area (Å²) in [4.78, 5) is 6.50. The maximum absolute atomic E-state index is 5.81. The average molecular weight is 415 g/mol. The van der Waals surface area contributed by atoms with E-state index in [-0.39, 0.29) is 0 Å². The van der Waals surface area contributed by atoms with Gasteiger partial charge >= 0.3 is 0 Å². The van der Waals surface area contributed by atoms with Crippen LogP contribution in [0.2, 0.25) is 0 Å². The SMILES string of the molecule is CN=C(NCCCOCC1CCOCC1)N(C)Cc1cc(Br)cn1C. The molecule has 7 heteroatoms. The van der Waals surface area contributed by atoms with Crippen molar-refractivity contribution in [2.75, 3.05) is 47.1 Å². The maximum atomic E-state index is 5.81. The molecule has 1 N–H and O–H groups in total. The summed E-state index contributed by atoms with van der Waals surface area (Å²) in [6.07, 6.45) is 5.30. The second-order valence-electron chi connectivity index (χ2n) is 6.57. The molecule has 0 spiro atoms. The van der Waals surface area contributed by atoms with Gasteiger partial charge in [-0.15, -0.1) is 0 Å². The molecule has 1 aromatic rings. The number of aliphatic imine (C=N–C) groups is 1. The first-order valence-electron chi connectivity index (χ1n) is 8.98. The lowest BCUT2D eigenvalue weighted by atomic mass is 10.0. The highest BCUT2D eigenvalue weighted by atomic mass is 79.9. The van der Waals surface area contributed by atoms with Gasteiger partial charge in [0.1, 0.15) is 0 Å². The molecule has 1 aliphatic rings. The molecule has 25 heavy (non-hydrogen) atoms.